The van der Waals surface area contributed by atoms with Crippen LogP contribution in [0.4, 0.5) is 5.69 Å². The molecule has 0 spiro atoms. The van der Waals surface area contributed by atoms with Gasteiger partial charge in [-0.15, -0.1) is 11.8 Å². The van der Waals surface area contributed by atoms with Gasteiger partial charge in [-0.3, -0.25) is 4.79 Å². The number of para-hydroxylation sites is 1. The number of hydrogen-bond acceptors (Lipinski definition) is 4. The van der Waals surface area contributed by atoms with Crippen molar-refractivity contribution >= 4 is 33.2 Å². The molecule has 0 fully saturated rings. The van der Waals surface area contributed by atoms with Crippen LogP contribution in [0.2, 0.25) is 0 Å². The highest BCUT2D eigenvalue weighted by atomic mass is 32.2. The van der Waals surface area contributed by atoms with Crippen LogP contribution < -0.4 is 4.90 Å². The lowest BCUT2D eigenvalue weighted by atomic mass is 10.1. The van der Waals surface area contributed by atoms with E-state index in [1.54, 1.807) is 28.8 Å². The third-order valence-corrected chi connectivity index (χ3v) is 6.38. The molecule has 0 unspecified atom stereocenters. The Bertz CT molecular complexity index is 860. The van der Waals surface area contributed by atoms with Gasteiger partial charge in [-0.25, -0.2) is 8.42 Å². The van der Waals surface area contributed by atoms with Crippen molar-refractivity contribution in [1.29, 1.82) is 0 Å². The number of nitrogens with zero attached hydrogens (tertiary/aromatic N) is 1. The molecule has 0 saturated carbocycles. The first-order valence-corrected chi connectivity index (χ1v) is 10.5. The summed E-state index contributed by atoms with van der Waals surface area (Å²) in [6.45, 7) is 2.81. The van der Waals surface area contributed by atoms with E-state index >= 15 is 0 Å². The number of hydrogen-bond donors (Lipinski definition) is 0. The number of benzene rings is 2. The predicted octanol–water partition coefficient (Wildman–Crippen LogP) is 3.62. The van der Waals surface area contributed by atoms with E-state index in [1.165, 1.54) is 12.1 Å². The van der Waals surface area contributed by atoms with Crippen LogP contribution in [0, 0.1) is 0 Å². The van der Waals surface area contributed by atoms with Gasteiger partial charge in [-0.1, -0.05) is 19.1 Å². The molecule has 0 radical (unpaired) electrons. The second-order valence-electron chi connectivity index (χ2n) is 5.94. The molecule has 4 nitrogen and oxygen atoms in total. The molecule has 1 heterocycles. The number of thioether (sulfide) groups is 1. The molecular formula is C18H19NO3S2. The van der Waals surface area contributed by atoms with Crippen molar-refractivity contribution in [2.45, 2.75) is 28.4 Å². The Labute approximate surface area is 146 Å². The Morgan fingerprint density at radius 2 is 1.79 bits per heavy atom. The lowest BCUT2D eigenvalue weighted by Crippen LogP contribution is -2.32. The van der Waals surface area contributed by atoms with Crippen molar-refractivity contribution in [3.8, 4) is 0 Å². The molecule has 1 atom stereocenters. The zero-order valence-corrected chi connectivity index (χ0v) is 15.2. The maximum Gasteiger partial charge on any atom is 0.258 e. The van der Waals surface area contributed by atoms with Gasteiger partial charge < -0.3 is 4.90 Å². The van der Waals surface area contributed by atoms with Gasteiger partial charge in [0.1, 0.15) is 0 Å². The van der Waals surface area contributed by atoms with Gasteiger partial charge in [0.2, 0.25) is 0 Å². The largest absolute Gasteiger partial charge is 0.307 e. The number of sulfone groups is 1. The normalized spacial score (nSPS) is 17.9. The molecule has 0 aliphatic carbocycles. The summed E-state index contributed by atoms with van der Waals surface area (Å²) in [5.74, 6) is -0.0998. The maximum absolute atomic E-state index is 13.0. The lowest BCUT2D eigenvalue weighted by molar-refractivity contribution is 0.0986. The quantitative estimate of drug-likeness (QED) is 0.820. The van der Waals surface area contributed by atoms with Crippen molar-refractivity contribution < 1.29 is 13.2 Å². The SMILES string of the molecule is C[C@H]1CCN(C(=O)c2ccc(S(C)(=O)=O)cc2)c2ccccc2S1. The Morgan fingerprint density at radius 3 is 2.46 bits per heavy atom. The summed E-state index contributed by atoms with van der Waals surface area (Å²) in [6, 6.07) is 14.1. The summed E-state index contributed by atoms with van der Waals surface area (Å²) >= 11 is 1.78. The van der Waals surface area contributed by atoms with Crippen LogP contribution in [-0.4, -0.2) is 32.4 Å². The highest BCUT2D eigenvalue weighted by Gasteiger charge is 2.25. The van der Waals surface area contributed by atoms with E-state index in [2.05, 4.69) is 6.92 Å². The molecule has 1 aliphatic heterocycles. The zero-order chi connectivity index (χ0) is 17.3. The van der Waals surface area contributed by atoms with E-state index in [4.69, 9.17) is 0 Å². The van der Waals surface area contributed by atoms with Gasteiger partial charge in [0.05, 0.1) is 10.6 Å². The molecule has 0 aromatic heterocycles. The van der Waals surface area contributed by atoms with Gasteiger partial charge in [0.15, 0.2) is 9.84 Å². The number of carbonyl (C=O) groups excluding carboxylic acids is 1. The number of carbonyl (C=O) groups is 1. The first-order chi connectivity index (χ1) is 11.4. The van der Waals surface area contributed by atoms with Gasteiger partial charge in [0.25, 0.3) is 5.91 Å². The predicted molar refractivity (Wildman–Crippen MR) is 97.6 cm³/mol. The Balaban J connectivity index is 1.95. The van der Waals surface area contributed by atoms with E-state index in [9.17, 15) is 13.2 Å². The minimum atomic E-state index is -3.26. The third-order valence-electron chi connectivity index (χ3n) is 4.02. The first-order valence-electron chi connectivity index (χ1n) is 7.74. The summed E-state index contributed by atoms with van der Waals surface area (Å²) in [6.07, 6.45) is 2.07. The highest BCUT2D eigenvalue weighted by molar-refractivity contribution is 8.00. The smallest absolute Gasteiger partial charge is 0.258 e. The summed E-state index contributed by atoms with van der Waals surface area (Å²) in [7, 11) is -3.26. The Hall–Kier alpha value is -1.79. The first kappa shape index (κ1) is 17.0. The second kappa shape index (κ2) is 6.61. The summed E-state index contributed by atoms with van der Waals surface area (Å²) in [5, 5.41) is 0.441. The van der Waals surface area contributed by atoms with E-state index in [0.29, 0.717) is 17.4 Å². The van der Waals surface area contributed by atoms with E-state index in [0.717, 1.165) is 23.3 Å². The highest BCUT2D eigenvalue weighted by Crippen LogP contribution is 2.37. The van der Waals surface area contributed by atoms with Crippen LogP contribution in [0.15, 0.2) is 58.3 Å². The van der Waals surface area contributed by atoms with Crippen molar-refractivity contribution in [3.63, 3.8) is 0 Å². The van der Waals surface area contributed by atoms with Gasteiger partial charge >= 0.3 is 0 Å². The molecule has 2 aromatic carbocycles. The average molecular weight is 361 g/mol. The van der Waals surface area contributed by atoms with E-state index in [1.807, 2.05) is 24.3 Å². The van der Waals surface area contributed by atoms with Crippen molar-refractivity contribution in [2.24, 2.45) is 0 Å². The van der Waals surface area contributed by atoms with Crippen LogP contribution in [0.5, 0.6) is 0 Å². The minimum absolute atomic E-state index is 0.0998. The van der Waals surface area contributed by atoms with Crippen LogP contribution >= 0.6 is 11.8 Å². The van der Waals surface area contributed by atoms with Crippen molar-refractivity contribution in [1.82, 2.24) is 0 Å². The fraction of sp³-hybridized carbons (Fsp3) is 0.278. The van der Waals surface area contributed by atoms with Gasteiger partial charge in [-0.05, 0) is 42.8 Å². The van der Waals surface area contributed by atoms with E-state index in [-0.39, 0.29) is 10.8 Å². The maximum atomic E-state index is 13.0. The molecule has 0 saturated heterocycles. The molecule has 1 amide bonds. The summed E-state index contributed by atoms with van der Waals surface area (Å²) < 4.78 is 23.1. The summed E-state index contributed by atoms with van der Waals surface area (Å²) in [5.41, 5.74) is 1.42. The van der Waals surface area contributed by atoms with Crippen LogP contribution in [-0.2, 0) is 9.84 Å². The molecule has 3 rings (SSSR count). The Kier molecular flexibility index (Phi) is 4.69. The second-order valence-corrected chi connectivity index (χ2v) is 9.43. The molecule has 6 heteroatoms. The number of anilines is 1. The minimum Gasteiger partial charge on any atom is -0.307 e. The molecule has 1 aliphatic rings. The monoisotopic (exact) mass is 361 g/mol. The van der Waals surface area contributed by atoms with Gasteiger partial charge in [0, 0.05) is 28.5 Å². The van der Waals surface area contributed by atoms with Gasteiger partial charge in [-0.2, -0.15) is 0 Å². The molecule has 0 bridgehead atoms. The van der Waals surface area contributed by atoms with Crippen LogP contribution in [0.1, 0.15) is 23.7 Å². The molecule has 24 heavy (non-hydrogen) atoms. The van der Waals surface area contributed by atoms with Crippen molar-refractivity contribution in [2.75, 3.05) is 17.7 Å². The third kappa shape index (κ3) is 3.49. The number of fused-ring (bicyclic) bond motifs is 1. The topological polar surface area (TPSA) is 54.5 Å². The number of rotatable bonds is 2. The molecular weight excluding hydrogens is 342 g/mol. The zero-order valence-electron chi connectivity index (χ0n) is 13.6. The standard InChI is InChI=1S/C18H19NO3S2/c1-13-11-12-19(16-5-3-4-6-17(16)23-13)18(20)14-7-9-15(10-8-14)24(2,21)22/h3-10,13H,11-12H2,1-2H3/t13-/m0/s1. The fourth-order valence-corrected chi connectivity index (χ4v) is 4.44. The Morgan fingerprint density at radius 1 is 1.12 bits per heavy atom. The lowest BCUT2D eigenvalue weighted by Gasteiger charge is -2.22. The molecule has 2 aromatic rings. The summed E-state index contributed by atoms with van der Waals surface area (Å²) in [4.78, 5) is 16.1. The van der Waals surface area contributed by atoms with E-state index < -0.39 is 9.84 Å². The number of amides is 1. The van der Waals surface area contributed by atoms with Crippen LogP contribution in [0.25, 0.3) is 0 Å². The van der Waals surface area contributed by atoms with Crippen molar-refractivity contribution in [3.05, 3.63) is 54.1 Å². The average Bonchev–Trinajstić information content (AvgIpc) is 2.72. The fourth-order valence-electron chi connectivity index (χ4n) is 2.70. The molecule has 0 N–H and O–H groups in total. The van der Waals surface area contributed by atoms with Crippen LogP contribution in [0.3, 0.4) is 0 Å². The molecule has 126 valence electrons.